The fraction of sp³-hybridized carbons (Fsp3) is 0.647. The van der Waals surface area contributed by atoms with E-state index in [0.717, 1.165) is 17.1 Å². The summed E-state index contributed by atoms with van der Waals surface area (Å²) in [6, 6.07) is 8.87. The molecular formula is C17H25NS. The number of thioether (sulfide) groups is 1. The Labute approximate surface area is 121 Å². The van der Waals surface area contributed by atoms with Crippen molar-refractivity contribution in [2.24, 2.45) is 11.8 Å². The largest absolute Gasteiger partial charge is 0.315 e. The molecule has 1 aliphatic carbocycles. The number of hydrogen-bond donors (Lipinski definition) is 1. The van der Waals surface area contributed by atoms with Crippen LogP contribution in [0.5, 0.6) is 0 Å². The Hall–Kier alpha value is -0.470. The molecule has 0 amide bonds. The first-order chi connectivity index (χ1) is 9.31. The van der Waals surface area contributed by atoms with Crippen LogP contribution in [-0.2, 0) is 6.42 Å². The van der Waals surface area contributed by atoms with Gasteiger partial charge in [-0.3, -0.25) is 0 Å². The summed E-state index contributed by atoms with van der Waals surface area (Å²) >= 11 is 2.06. The van der Waals surface area contributed by atoms with Crippen LogP contribution in [0.4, 0.5) is 0 Å². The Morgan fingerprint density at radius 3 is 2.95 bits per heavy atom. The summed E-state index contributed by atoms with van der Waals surface area (Å²) in [5, 5.41) is 4.48. The predicted octanol–water partition coefficient (Wildman–Crippen LogP) is 4.12. The van der Waals surface area contributed by atoms with E-state index in [1.807, 2.05) is 0 Å². The van der Waals surface area contributed by atoms with Crippen molar-refractivity contribution in [3.05, 3.63) is 29.8 Å². The minimum Gasteiger partial charge on any atom is -0.315 e. The molecule has 1 nitrogen and oxygen atoms in total. The molecule has 0 aromatic heterocycles. The van der Waals surface area contributed by atoms with Crippen LogP contribution in [0, 0.1) is 11.8 Å². The molecule has 1 N–H and O–H groups in total. The zero-order chi connectivity index (χ0) is 13.1. The average molecular weight is 275 g/mol. The molecule has 0 spiro atoms. The van der Waals surface area contributed by atoms with E-state index in [1.54, 1.807) is 5.56 Å². The summed E-state index contributed by atoms with van der Waals surface area (Å²) < 4.78 is 0. The molecule has 1 aliphatic heterocycles. The van der Waals surface area contributed by atoms with Crippen LogP contribution in [0.2, 0.25) is 0 Å². The quantitative estimate of drug-likeness (QED) is 0.887. The summed E-state index contributed by atoms with van der Waals surface area (Å²) in [6.45, 7) is 4.82. The predicted molar refractivity (Wildman–Crippen MR) is 83.8 cm³/mol. The van der Waals surface area contributed by atoms with Crippen molar-refractivity contribution in [3.63, 3.8) is 0 Å². The highest BCUT2D eigenvalue weighted by molar-refractivity contribution is 8.00. The number of hydrogen-bond acceptors (Lipinski definition) is 2. The second-order valence-electron chi connectivity index (χ2n) is 6.35. The Morgan fingerprint density at radius 2 is 2.11 bits per heavy atom. The fourth-order valence-corrected chi connectivity index (χ4v) is 4.84. The monoisotopic (exact) mass is 275 g/mol. The molecule has 19 heavy (non-hydrogen) atoms. The van der Waals surface area contributed by atoms with Crippen molar-refractivity contribution in [1.29, 1.82) is 0 Å². The van der Waals surface area contributed by atoms with Gasteiger partial charge in [0, 0.05) is 16.7 Å². The van der Waals surface area contributed by atoms with E-state index in [4.69, 9.17) is 0 Å². The highest BCUT2D eigenvalue weighted by Gasteiger charge is 2.22. The third-order valence-corrected chi connectivity index (χ3v) is 5.88. The molecule has 3 unspecified atom stereocenters. The maximum absolute atomic E-state index is 3.73. The Balaban J connectivity index is 1.40. The summed E-state index contributed by atoms with van der Waals surface area (Å²) in [7, 11) is 0. The minimum atomic E-state index is 0.749. The number of fused-ring (bicyclic) bond motifs is 1. The molecule has 1 aromatic rings. The van der Waals surface area contributed by atoms with Gasteiger partial charge in [0.1, 0.15) is 0 Å². The second kappa shape index (κ2) is 6.32. The summed E-state index contributed by atoms with van der Waals surface area (Å²) in [4.78, 5) is 1.50. The van der Waals surface area contributed by atoms with Gasteiger partial charge in [-0.15, -0.1) is 11.8 Å². The van der Waals surface area contributed by atoms with Crippen molar-refractivity contribution >= 4 is 11.8 Å². The lowest BCUT2D eigenvalue weighted by Crippen LogP contribution is -2.31. The van der Waals surface area contributed by atoms with Gasteiger partial charge in [0.2, 0.25) is 0 Å². The number of benzene rings is 1. The third kappa shape index (κ3) is 3.55. The first kappa shape index (κ1) is 13.5. The molecule has 2 aliphatic rings. The van der Waals surface area contributed by atoms with Crippen LogP contribution in [0.25, 0.3) is 0 Å². The van der Waals surface area contributed by atoms with E-state index < -0.39 is 0 Å². The number of rotatable bonds is 4. The highest BCUT2D eigenvalue weighted by Crippen LogP contribution is 2.36. The maximum atomic E-state index is 3.73. The molecule has 1 fully saturated rings. The molecule has 1 heterocycles. The van der Waals surface area contributed by atoms with Gasteiger partial charge in [-0.05, 0) is 49.3 Å². The van der Waals surface area contributed by atoms with Crippen LogP contribution in [0.15, 0.2) is 29.2 Å². The first-order valence-electron chi connectivity index (χ1n) is 7.76. The lowest BCUT2D eigenvalue weighted by atomic mass is 9.82. The van der Waals surface area contributed by atoms with Crippen LogP contribution in [-0.4, -0.2) is 18.3 Å². The Kier molecular flexibility index (Phi) is 4.49. The fourth-order valence-electron chi connectivity index (χ4n) is 3.56. The highest BCUT2D eigenvalue weighted by atomic mass is 32.2. The first-order valence-corrected chi connectivity index (χ1v) is 8.64. The van der Waals surface area contributed by atoms with Gasteiger partial charge in [0.15, 0.2) is 0 Å². The minimum absolute atomic E-state index is 0.749. The van der Waals surface area contributed by atoms with E-state index in [-0.39, 0.29) is 0 Å². The lowest BCUT2D eigenvalue weighted by Gasteiger charge is -2.27. The molecule has 0 saturated heterocycles. The Bertz CT molecular complexity index is 392. The van der Waals surface area contributed by atoms with Gasteiger partial charge in [0.25, 0.3) is 0 Å². The van der Waals surface area contributed by atoms with E-state index in [2.05, 4.69) is 48.3 Å². The van der Waals surface area contributed by atoms with E-state index in [9.17, 15) is 0 Å². The lowest BCUT2D eigenvalue weighted by molar-refractivity contribution is 0.275. The number of nitrogens with one attached hydrogen (secondary N) is 1. The third-order valence-electron chi connectivity index (χ3n) is 4.56. The summed E-state index contributed by atoms with van der Waals surface area (Å²) in [5.41, 5.74) is 1.55. The average Bonchev–Trinajstić information content (AvgIpc) is 2.81. The van der Waals surface area contributed by atoms with Gasteiger partial charge in [-0.2, -0.15) is 0 Å². The molecular weight excluding hydrogens is 250 g/mol. The Morgan fingerprint density at radius 1 is 1.21 bits per heavy atom. The van der Waals surface area contributed by atoms with Gasteiger partial charge in [-0.25, -0.2) is 0 Å². The molecule has 0 radical (unpaired) electrons. The SMILES string of the molecule is CC1CCCC(CNCC2Cc3ccccc3S2)C1. The molecule has 104 valence electrons. The maximum Gasteiger partial charge on any atom is 0.0260 e. The molecule has 3 rings (SSSR count). The summed E-state index contributed by atoms with van der Waals surface area (Å²) in [6.07, 6.45) is 7.01. The van der Waals surface area contributed by atoms with Crippen molar-refractivity contribution in [2.45, 2.75) is 49.2 Å². The van der Waals surface area contributed by atoms with E-state index in [1.165, 1.54) is 50.1 Å². The molecule has 1 aromatic carbocycles. The topological polar surface area (TPSA) is 12.0 Å². The van der Waals surface area contributed by atoms with Gasteiger partial charge in [0.05, 0.1) is 0 Å². The van der Waals surface area contributed by atoms with Crippen LogP contribution < -0.4 is 5.32 Å². The molecule has 3 atom stereocenters. The second-order valence-corrected chi connectivity index (χ2v) is 7.69. The van der Waals surface area contributed by atoms with Gasteiger partial charge >= 0.3 is 0 Å². The normalized spacial score (nSPS) is 30.3. The molecule has 1 saturated carbocycles. The molecule has 0 bridgehead atoms. The van der Waals surface area contributed by atoms with E-state index in [0.29, 0.717) is 0 Å². The van der Waals surface area contributed by atoms with E-state index >= 15 is 0 Å². The van der Waals surface area contributed by atoms with Crippen LogP contribution in [0.3, 0.4) is 0 Å². The van der Waals surface area contributed by atoms with Crippen molar-refractivity contribution < 1.29 is 0 Å². The zero-order valence-electron chi connectivity index (χ0n) is 11.9. The van der Waals surface area contributed by atoms with Crippen molar-refractivity contribution in [1.82, 2.24) is 5.32 Å². The van der Waals surface area contributed by atoms with Crippen molar-refractivity contribution in [3.8, 4) is 0 Å². The smallest absolute Gasteiger partial charge is 0.0260 e. The zero-order valence-corrected chi connectivity index (χ0v) is 12.7. The standard InChI is InChI=1S/C17H25NS/c1-13-5-4-6-14(9-13)11-18-12-16-10-15-7-2-3-8-17(15)19-16/h2-3,7-8,13-14,16,18H,4-6,9-12H2,1H3. The molecule has 2 heteroatoms. The van der Waals surface area contributed by atoms with Crippen LogP contribution >= 0.6 is 11.8 Å². The summed E-state index contributed by atoms with van der Waals surface area (Å²) in [5.74, 6) is 1.88. The van der Waals surface area contributed by atoms with Gasteiger partial charge in [-0.1, -0.05) is 38.0 Å². The van der Waals surface area contributed by atoms with Crippen LogP contribution in [0.1, 0.15) is 38.2 Å². The van der Waals surface area contributed by atoms with Crippen molar-refractivity contribution in [2.75, 3.05) is 13.1 Å². The van der Waals surface area contributed by atoms with Gasteiger partial charge < -0.3 is 5.32 Å².